The summed E-state index contributed by atoms with van der Waals surface area (Å²) in [5, 5.41) is 4.91. The van der Waals surface area contributed by atoms with Crippen molar-refractivity contribution in [3.63, 3.8) is 0 Å². The second-order valence-electron chi connectivity index (χ2n) is 9.94. The Morgan fingerprint density at radius 3 is 1.88 bits per heavy atom. The number of rotatable bonds is 7. The van der Waals surface area contributed by atoms with E-state index in [1.165, 1.54) is 54.6 Å². The number of anilines is 1. The number of hydrogen-bond donors (Lipinski definition) is 0. The molecule has 0 spiro atoms. The van der Waals surface area contributed by atoms with Crippen LogP contribution >= 0.6 is 46.4 Å². The highest BCUT2D eigenvalue weighted by molar-refractivity contribution is 7.93. The van der Waals surface area contributed by atoms with E-state index in [0.717, 1.165) is 8.39 Å². The molecule has 15 heteroatoms. The lowest BCUT2D eigenvalue weighted by molar-refractivity contribution is -0.152. The highest BCUT2D eigenvalue weighted by Crippen LogP contribution is 2.33. The molecule has 218 valence electrons. The molecule has 41 heavy (non-hydrogen) atoms. The van der Waals surface area contributed by atoms with Gasteiger partial charge in [-0.05, 0) is 82.3 Å². The number of aromatic nitrogens is 2. The molecule has 0 amide bonds. The fourth-order valence-electron chi connectivity index (χ4n) is 3.95. The molecule has 0 saturated heterocycles. The van der Waals surface area contributed by atoms with Crippen molar-refractivity contribution in [3.05, 3.63) is 80.4 Å². The number of benzene rings is 3. The molecule has 0 unspecified atom stereocenters. The topological polar surface area (TPSA) is 116 Å². The molecular weight excluding hydrogens is 656 g/mol. The van der Waals surface area contributed by atoms with Gasteiger partial charge in [0.05, 0.1) is 26.7 Å². The number of ether oxygens (including phenoxy) is 1. The van der Waals surface area contributed by atoms with Crippen molar-refractivity contribution in [2.75, 3.05) is 10.8 Å². The zero-order valence-electron chi connectivity index (χ0n) is 22.0. The Balaban J connectivity index is 1.88. The van der Waals surface area contributed by atoms with Gasteiger partial charge in [0.1, 0.15) is 12.1 Å². The average Bonchev–Trinajstić information content (AvgIpc) is 3.16. The van der Waals surface area contributed by atoms with Crippen LogP contribution in [0, 0.1) is 6.92 Å². The summed E-state index contributed by atoms with van der Waals surface area (Å²) >= 11 is 24.2. The first-order chi connectivity index (χ1) is 18.9. The Labute approximate surface area is 257 Å². The van der Waals surface area contributed by atoms with Gasteiger partial charge in [-0.1, -0.05) is 46.4 Å². The van der Waals surface area contributed by atoms with E-state index in [2.05, 4.69) is 5.10 Å². The van der Waals surface area contributed by atoms with Crippen LogP contribution in [-0.2, 0) is 29.6 Å². The summed E-state index contributed by atoms with van der Waals surface area (Å²) in [4.78, 5) is 12.4. The van der Waals surface area contributed by atoms with Gasteiger partial charge < -0.3 is 4.74 Å². The van der Waals surface area contributed by atoms with Gasteiger partial charge in [-0.25, -0.2) is 8.42 Å². The van der Waals surface area contributed by atoms with Crippen molar-refractivity contribution in [3.8, 4) is 0 Å². The van der Waals surface area contributed by atoms with E-state index in [0.29, 0.717) is 5.39 Å². The van der Waals surface area contributed by atoms with Crippen LogP contribution in [0.1, 0.15) is 26.5 Å². The molecule has 4 aromatic rings. The lowest BCUT2D eigenvalue weighted by Crippen LogP contribution is -2.39. The first kappa shape index (κ1) is 31.4. The van der Waals surface area contributed by atoms with E-state index < -0.39 is 38.2 Å². The lowest BCUT2D eigenvalue weighted by Gasteiger charge is -2.26. The van der Waals surface area contributed by atoms with Crippen molar-refractivity contribution in [1.29, 1.82) is 0 Å². The zero-order chi connectivity index (χ0) is 30.5. The number of fused-ring (bicyclic) bond motifs is 1. The van der Waals surface area contributed by atoms with Crippen molar-refractivity contribution in [2.45, 2.75) is 43.1 Å². The standard InChI is InChI=1S/C26H23Cl4N3O6S2/c1-15-23-13-20(5-6-24(23)33(31-15)41(37,38)22-11-18(29)8-19(30)12-22)32(14-25(34)39-26(2,3)4)40(35,36)21-9-16(27)7-17(28)10-21/h5-13H,14H2,1-4H3. The van der Waals surface area contributed by atoms with Crippen LogP contribution in [0.4, 0.5) is 5.69 Å². The Morgan fingerprint density at radius 1 is 0.854 bits per heavy atom. The fourth-order valence-corrected chi connectivity index (χ4v) is 8.13. The Kier molecular flexibility index (Phi) is 8.63. The van der Waals surface area contributed by atoms with Crippen molar-refractivity contribution < 1.29 is 26.4 Å². The van der Waals surface area contributed by atoms with Crippen LogP contribution in [0.2, 0.25) is 20.1 Å². The van der Waals surface area contributed by atoms with Crippen molar-refractivity contribution in [2.24, 2.45) is 0 Å². The smallest absolute Gasteiger partial charge is 0.327 e. The maximum atomic E-state index is 13.8. The highest BCUT2D eigenvalue weighted by Gasteiger charge is 2.31. The summed E-state index contributed by atoms with van der Waals surface area (Å²) in [5.74, 6) is -0.817. The number of carbonyl (C=O) groups is 1. The van der Waals surface area contributed by atoms with E-state index in [9.17, 15) is 21.6 Å². The third kappa shape index (κ3) is 6.76. The SMILES string of the molecule is Cc1nn(S(=O)(=O)c2cc(Cl)cc(Cl)c2)c2ccc(N(CC(=O)OC(C)(C)C)S(=O)(=O)c3cc(Cl)cc(Cl)c3)cc12. The third-order valence-electron chi connectivity index (χ3n) is 5.58. The van der Waals surface area contributed by atoms with Gasteiger partial charge in [-0.2, -0.15) is 17.6 Å². The van der Waals surface area contributed by atoms with Crippen LogP contribution in [0.3, 0.4) is 0 Å². The van der Waals surface area contributed by atoms with Gasteiger partial charge >= 0.3 is 5.97 Å². The minimum absolute atomic E-state index is 0.0466. The summed E-state index contributed by atoms with van der Waals surface area (Å²) in [6.07, 6.45) is 0. The maximum absolute atomic E-state index is 13.8. The summed E-state index contributed by atoms with van der Waals surface area (Å²) in [7, 11) is -8.66. The molecule has 9 nitrogen and oxygen atoms in total. The summed E-state index contributed by atoms with van der Waals surface area (Å²) in [6.45, 7) is 5.82. The van der Waals surface area contributed by atoms with Crippen LogP contribution in [0.25, 0.3) is 10.9 Å². The Morgan fingerprint density at radius 2 is 1.37 bits per heavy atom. The van der Waals surface area contributed by atoms with Gasteiger partial charge in [0, 0.05) is 25.5 Å². The number of esters is 1. The lowest BCUT2D eigenvalue weighted by atomic mass is 10.2. The second kappa shape index (κ2) is 11.3. The monoisotopic (exact) mass is 677 g/mol. The molecule has 0 N–H and O–H groups in total. The van der Waals surface area contributed by atoms with Crippen LogP contribution < -0.4 is 4.31 Å². The summed E-state index contributed by atoms with van der Waals surface area (Å²) < 4.78 is 61.6. The molecule has 3 aromatic carbocycles. The van der Waals surface area contributed by atoms with Crippen LogP contribution in [0.15, 0.2) is 64.4 Å². The number of halogens is 4. The van der Waals surface area contributed by atoms with Gasteiger partial charge in [0.25, 0.3) is 20.0 Å². The minimum Gasteiger partial charge on any atom is -0.459 e. The number of hydrogen-bond acceptors (Lipinski definition) is 7. The Hall–Kier alpha value is -2.54. The zero-order valence-corrected chi connectivity index (χ0v) is 26.7. The summed E-state index contributed by atoms with van der Waals surface area (Å²) in [5.41, 5.74) is -0.405. The quantitative estimate of drug-likeness (QED) is 0.199. The third-order valence-corrected chi connectivity index (χ3v) is 9.77. The average molecular weight is 679 g/mol. The molecule has 0 bridgehead atoms. The largest absolute Gasteiger partial charge is 0.459 e. The molecule has 0 aliphatic heterocycles. The first-order valence-corrected chi connectivity index (χ1v) is 16.2. The van der Waals surface area contributed by atoms with Crippen molar-refractivity contribution in [1.82, 2.24) is 9.19 Å². The fraction of sp³-hybridized carbons (Fsp3) is 0.231. The van der Waals surface area contributed by atoms with Crippen LogP contribution in [-0.4, -0.2) is 44.1 Å². The maximum Gasteiger partial charge on any atom is 0.327 e. The number of carbonyl (C=O) groups excluding carboxylic acids is 1. The molecule has 0 aliphatic carbocycles. The predicted octanol–water partition coefficient (Wildman–Crippen LogP) is 6.73. The Bertz CT molecular complexity index is 1860. The van der Waals surface area contributed by atoms with Gasteiger partial charge in [-0.15, -0.1) is 0 Å². The molecule has 0 atom stereocenters. The molecule has 1 heterocycles. The second-order valence-corrected chi connectivity index (χ2v) is 15.3. The minimum atomic E-state index is -4.42. The number of nitrogens with zero attached hydrogens (tertiary/aromatic N) is 3. The van der Waals surface area contributed by atoms with E-state index in [-0.39, 0.29) is 46.8 Å². The first-order valence-electron chi connectivity index (χ1n) is 11.8. The number of aryl methyl sites for hydroxylation is 1. The number of sulfonamides is 1. The molecule has 0 fully saturated rings. The van der Waals surface area contributed by atoms with E-state index in [1.807, 2.05) is 0 Å². The van der Waals surface area contributed by atoms with E-state index in [4.69, 9.17) is 51.1 Å². The highest BCUT2D eigenvalue weighted by atomic mass is 35.5. The molecule has 1 aromatic heterocycles. The van der Waals surface area contributed by atoms with E-state index >= 15 is 0 Å². The molecule has 0 radical (unpaired) electrons. The van der Waals surface area contributed by atoms with Gasteiger partial charge in [0.15, 0.2) is 0 Å². The molecule has 4 rings (SSSR count). The summed E-state index contributed by atoms with van der Waals surface area (Å²) in [6, 6.07) is 11.8. The molecular formula is C26H23Cl4N3O6S2. The van der Waals surface area contributed by atoms with Crippen LogP contribution in [0.5, 0.6) is 0 Å². The normalized spacial score (nSPS) is 12.5. The molecule has 0 aliphatic rings. The predicted molar refractivity (Wildman–Crippen MR) is 160 cm³/mol. The molecule has 0 saturated carbocycles. The van der Waals surface area contributed by atoms with Gasteiger partial charge in [-0.3, -0.25) is 9.10 Å². The van der Waals surface area contributed by atoms with Gasteiger partial charge in [0.2, 0.25) is 0 Å². The van der Waals surface area contributed by atoms with Crippen molar-refractivity contribution >= 4 is 89.0 Å². The van der Waals surface area contributed by atoms with E-state index in [1.54, 1.807) is 27.7 Å².